The van der Waals surface area contributed by atoms with Crippen LogP contribution in [0.2, 0.25) is 15.2 Å². The van der Waals surface area contributed by atoms with Gasteiger partial charge in [-0.05, 0) is 41.6 Å². The van der Waals surface area contributed by atoms with Gasteiger partial charge in [-0.25, -0.2) is 4.98 Å². The standard InChI is InChI=1S/C13H9Cl3IN3O/c1-6(11-9(15)4-7(17)5-19-11)20-13(21)10-8(14)2-3-18-12(10)16/h2-6H,1H3,(H,20,21). The highest BCUT2D eigenvalue weighted by Gasteiger charge is 2.20. The summed E-state index contributed by atoms with van der Waals surface area (Å²) in [6, 6.07) is 2.88. The Morgan fingerprint density at radius 1 is 1.29 bits per heavy atom. The van der Waals surface area contributed by atoms with Crippen LogP contribution in [0.1, 0.15) is 29.0 Å². The maximum atomic E-state index is 12.3. The third-order valence-electron chi connectivity index (χ3n) is 2.67. The zero-order valence-corrected chi connectivity index (χ0v) is 15.1. The predicted octanol–water partition coefficient (Wildman–Crippen LogP) is 4.53. The lowest BCUT2D eigenvalue weighted by molar-refractivity contribution is 0.0939. The van der Waals surface area contributed by atoms with Crippen molar-refractivity contribution in [3.8, 4) is 0 Å². The van der Waals surface area contributed by atoms with E-state index in [1.165, 1.54) is 12.3 Å². The molecule has 1 N–H and O–H groups in total. The molecule has 1 unspecified atom stereocenters. The molecule has 2 aromatic rings. The zero-order chi connectivity index (χ0) is 15.6. The minimum Gasteiger partial charge on any atom is -0.344 e. The molecular weight excluding hydrogens is 447 g/mol. The molecule has 2 heterocycles. The highest BCUT2D eigenvalue weighted by Crippen LogP contribution is 2.25. The molecule has 8 heteroatoms. The van der Waals surface area contributed by atoms with E-state index in [0.29, 0.717) is 10.7 Å². The number of rotatable bonds is 3. The smallest absolute Gasteiger partial charge is 0.256 e. The highest BCUT2D eigenvalue weighted by molar-refractivity contribution is 14.1. The van der Waals surface area contributed by atoms with Gasteiger partial charge in [0, 0.05) is 16.0 Å². The molecule has 0 spiro atoms. The fourth-order valence-electron chi connectivity index (χ4n) is 1.70. The van der Waals surface area contributed by atoms with Crippen molar-refractivity contribution in [3.05, 3.63) is 54.6 Å². The number of carbonyl (C=O) groups is 1. The number of amides is 1. The van der Waals surface area contributed by atoms with Crippen molar-refractivity contribution in [3.63, 3.8) is 0 Å². The fourth-order valence-corrected chi connectivity index (χ4v) is 3.19. The van der Waals surface area contributed by atoms with Crippen LogP contribution in [0.25, 0.3) is 0 Å². The molecule has 0 bridgehead atoms. The molecule has 110 valence electrons. The third kappa shape index (κ3) is 3.97. The first-order valence-corrected chi connectivity index (χ1v) is 8.03. The predicted molar refractivity (Wildman–Crippen MR) is 92.1 cm³/mol. The maximum Gasteiger partial charge on any atom is 0.256 e. The van der Waals surface area contributed by atoms with E-state index in [2.05, 4.69) is 37.9 Å². The minimum absolute atomic E-state index is 0.0499. The summed E-state index contributed by atoms with van der Waals surface area (Å²) < 4.78 is 0.915. The third-order valence-corrected chi connectivity index (χ3v) is 4.17. The van der Waals surface area contributed by atoms with E-state index in [1.54, 1.807) is 19.2 Å². The van der Waals surface area contributed by atoms with E-state index in [4.69, 9.17) is 34.8 Å². The van der Waals surface area contributed by atoms with Crippen LogP contribution in [0.15, 0.2) is 24.5 Å². The Bertz CT molecular complexity index is 676. The van der Waals surface area contributed by atoms with Gasteiger partial charge in [0.25, 0.3) is 5.91 Å². The van der Waals surface area contributed by atoms with Crippen molar-refractivity contribution >= 4 is 63.3 Å². The van der Waals surface area contributed by atoms with E-state index in [1.807, 2.05) is 0 Å². The molecule has 0 aliphatic rings. The SMILES string of the molecule is CC(NC(=O)c1c(Cl)ccnc1Cl)c1ncc(I)cc1Cl. The number of pyridine rings is 2. The first-order valence-electron chi connectivity index (χ1n) is 5.82. The van der Waals surface area contributed by atoms with Crippen molar-refractivity contribution in [2.45, 2.75) is 13.0 Å². The van der Waals surface area contributed by atoms with Gasteiger partial charge in [0.05, 0.1) is 27.3 Å². The quantitative estimate of drug-likeness (QED) is 0.545. The molecule has 1 amide bonds. The average molecular weight is 456 g/mol. The van der Waals surface area contributed by atoms with Crippen LogP contribution in [0, 0.1) is 3.57 Å². The van der Waals surface area contributed by atoms with Gasteiger partial charge in [0.2, 0.25) is 0 Å². The first-order chi connectivity index (χ1) is 9.90. The molecule has 1 atom stereocenters. The Kier molecular flexibility index (Phi) is 5.65. The monoisotopic (exact) mass is 455 g/mol. The number of carbonyl (C=O) groups excluding carboxylic acids is 1. The van der Waals surface area contributed by atoms with Gasteiger partial charge < -0.3 is 5.32 Å². The maximum absolute atomic E-state index is 12.3. The Balaban J connectivity index is 2.23. The lowest BCUT2D eigenvalue weighted by atomic mass is 10.2. The summed E-state index contributed by atoms with van der Waals surface area (Å²) >= 11 is 20.1. The molecule has 0 aliphatic heterocycles. The normalized spacial score (nSPS) is 12.0. The van der Waals surface area contributed by atoms with Crippen molar-refractivity contribution in [1.82, 2.24) is 15.3 Å². The van der Waals surface area contributed by atoms with Crippen molar-refractivity contribution in [1.29, 1.82) is 0 Å². The molecule has 2 rings (SSSR count). The number of hydrogen-bond donors (Lipinski definition) is 1. The molecule has 0 fully saturated rings. The second kappa shape index (κ2) is 7.09. The molecule has 0 saturated carbocycles. The lowest BCUT2D eigenvalue weighted by Gasteiger charge is -2.15. The number of aromatic nitrogens is 2. The Hall–Kier alpha value is -0.630. The second-order valence-corrected chi connectivity index (χ2v) is 6.59. The Morgan fingerprint density at radius 2 is 2.00 bits per heavy atom. The summed E-state index contributed by atoms with van der Waals surface area (Å²) in [5.41, 5.74) is 0.705. The van der Waals surface area contributed by atoms with Crippen LogP contribution < -0.4 is 5.32 Å². The van der Waals surface area contributed by atoms with Crippen LogP contribution in [-0.2, 0) is 0 Å². The van der Waals surface area contributed by atoms with E-state index < -0.39 is 11.9 Å². The molecular formula is C13H9Cl3IN3O. The van der Waals surface area contributed by atoms with Gasteiger partial charge in [-0.15, -0.1) is 0 Å². The molecule has 0 saturated heterocycles. The van der Waals surface area contributed by atoms with Gasteiger partial charge in [0.15, 0.2) is 0 Å². The van der Waals surface area contributed by atoms with Crippen molar-refractivity contribution in [2.24, 2.45) is 0 Å². The molecule has 0 aliphatic carbocycles. The van der Waals surface area contributed by atoms with E-state index in [0.717, 1.165) is 3.57 Å². The van der Waals surface area contributed by atoms with Gasteiger partial charge in [-0.1, -0.05) is 34.8 Å². The van der Waals surface area contributed by atoms with E-state index in [9.17, 15) is 4.79 Å². The van der Waals surface area contributed by atoms with E-state index in [-0.39, 0.29) is 15.7 Å². The molecule has 4 nitrogen and oxygen atoms in total. The summed E-state index contributed by atoms with van der Waals surface area (Å²) in [7, 11) is 0. The van der Waals surface area contributed by atoms with Crippen LogP contribution >= 0.6 is 57.4 Å². The number of hydrogen-bond acceptors (Lipinski definition) is 3. The van der Waals surface area contributed by atoms with Crippen LogP contribution in [0.4, 0.5) is 0 Å². The first kappa shape index (κ1) is 16.7. The summed E-state index contributed by atoms with van der Waals surface area (Å²) in [4.78, 5) is 20.3. The largest absolute Gasteiger partial charge is 0.344 e. The topological polar surface area (TPSA) is 54.9 Å². The van der Waals surface area contributed by atoms with Gasteiger partial charge in [-0.2, -0.15) is 0 Å². The zero-order valence-electron chi connectivity index (χ0n) is 10.7. The van der Waals surface area contributed by atoms with Crippen LogP contribution in [0.3, 0.4) is 0 Å². The summed E-state index contributed by atoms with van der Waals surface area (Å²) in [6.07, 6.45) is 3.11. The summed E-state index contributed by atoms with van der Waals surface area (Å²) in [5, 5.41) is 3.53. The Labute approximate surface area is 150 Å². The molecule has 0 aromatic carbocycles. The summed E-state index contributed by atoms with van der Waals surface area (Å²) in [5.74, 6) is -0.429. The van der Waals surface area contributed by atoms with Gasteiger partial charge >= 0.3 is 0 Å². The second-order valence-electron chi connectivity index (χ2n) is 4.17. The molecule has 0 radical (unpaired) electrons. The average Bonchev–Trinajstić information content (AvgIpc) is 2.37. The highest BCUT2D eigenvalue weighted by atomic mass is 127. The summed E-state index contributed by atoms with van der Waals surface area (Å²) in [6.45, 7) is 1.77. The number of halogens is 4. The van der Waals surface area contributed by atoms with Crippen molar-refractivity contribution < 1.29 is 4.79 Å². The van der Waals surface area contributed by atoms with E-state index >= 15 is 0 Å². The number of nitrogens with zero attached hydrogens (tertiary/aromatic N) is 2. The van der Waals surface area contributed by atoms with Crippen LogP contribution in [0.5, 0.6) is 0 Å². The molecule has 2 aromatic heterocycles. The minimum atomic E-state index is -0.429. The Morgan fingerprint density at radius 3 is 2.62 bits per heavy atom. The fraction of sp³-hybridized carbons (Fsp3) is 0.154. The lowest BCUT2D eigenvalue weighted by Crippen LogP contribution is -2.28. The van der Waals surface area contributed by atoms with Crippen molar-refractivity contribution in [2.75, 3.05) is 0 Å². The number of nitrogens with one attached hydrogen (secondary N) is 1. The van der Waals surface area contributed by atoms with Crippen LogP contribution in [-0.4, -0.2) is 15.9 Å². The molecule has 21 heavy (non-hydrogen) atoms. The van der Waals surface area contributed by atoms with Gasteiger partial charge in [0.1, 0.15) is 5.15 Å². The van der Waals surface area contributed by atoms with Gasteiger partial charge in [-0.3, -0.25) is 9.78 Å².